The zero-order chi connectivity index (χ0) is 9.80. The van der Waals surface area contributed by atoms with E-state index in [1.807, 2.05) is 19.4 Å². The van der Waals surface area contributed by atoms with E-state index in [1.54, 1.807) is 0 Å². The Hall–Kier alpha value is -1.03. The molecule has 0 bridgehead atoms. The van der Waals surface area contributed by atoms with Crippen molar-refractivity contribution in [1.29, 1.82) is 0 Å². The molecule has 0 amide bonds. The molecule has 4 heteroatoms. The van der Waals surface area contributed by atoms with Gasteiger partial charge < -0.3 is 15.2 Å². The third-order valence-electron chi connectivity index (χ3n) is 2.80. The summed E-state index contributed by atoms with van der Waals surface area (Å²) in [6.07, 6.45) is 6.30. The number of nitrogens with zero attached hydrogens (tertiary/aromatic N) is 2. The van der Waals surface area contributed by atoms with Crippen LogP contribution in [0.1, 0.15) is 12.8 Å². The van der Waals surface area contributed by atoms with Gasteiger partial charge in [0.1, 0.15) is 0 Å². The van der Waals surface area contributed by atoms with Crippen molar-refractivity contribution in [1.82, 2.24) is 15.3 Å². The average Bonchev–Trinajstić information content (AvgIpc) is 2.71. The van der Waals surface area contributed by atoms with Gasteiger partial charge in [-0.1, -0.05) is 0 Å². The fourth-order valence-electron chi connectivity index (χ4n) is 2.14. The first-order chi connectivity index (χ1) is 6.90. The first-order valence-corrected chi connectivity index (χ1v) is 5.29. The minimum absolute atomic E-state index is 0.763. The molecular weight excluding hydrogens is 176 g/mol. The fourth-order valence-corrected chi connectivity index (χ4v) is 2.14. The van der Waals surface area contributed by atoms with Crippen LogP contribution in [0.5, 0.6) is 0 Å². The summed E-state index contributed by atoms with van der Waals surface area (Å²) in [6, 6.07) is 0. The van der Waals surface area contributed by atoms with Gasteiger partial charge in [-0.3, -0.25) is 0 Å². The molecule has 2 N–H and O–H groups in total. The van der Waals surface area contributed by atoms with E-state index in [1.165, 1.54) is 12.8 Å². The van der Waals surface area contributed by atoms with Crippen LogP contribution >= 0.6 is 0 Å². The number of H-pyrrole nitrogens is 1. The highest BCUT2D eigenvalue weighted by Gasteiger charge is 2.20. The normalized spacial score (nSPS) is 22.6. The molecule has 1 atom stereocenters. The van der Waals surface area contributed by atoms with Crippen molar-refractivity contribution in [2.45, 2.75) is 12.8 Å². The zero-order valence-corrected chi connectivity index (χ0v) is 8.66. The standard InChI is InChI=1S/C10H18N4/c1-11-7-9-3-2-6-14(8-9)10-12-4-5-13-10/h4-5,9,11H,2-3,6-8H2,1H3,(H,12,13). The molecule has 2 rings (SSSR count). The predicted molar refractivity (Wildman–Crippen MR) is 57.5 cm³/mol. The molecule has 1 aliphatic heterocycles. The molecular formula is C10H18N4. The summed E-state index contributed by atoms with van der Waals surface area (Å²) in [6.45, 7) is 3.36. The SMILES string of the molecule is CNCC1CCCN(c2ncc[nH]2)C1. The highest BCUT2D eigenvalue weighted by molar-refractivity contribution is 5.29. The number of rotatable bonds is 3. The van der Waals surface area contributed by atoms with Crippen molar-refractivity contribution in [3.8, 4) is 0 Å². The Kier molecular flexibility index (Phi) is 3.03. The molecule has 1 aromatic rings. The van der Waals surface area contributed by atoms with Crippen LogP contribution in [0.4, 0.5) is 5.95 Å². The molecule has 1 unspecified atom stereocenters. The second-order valence-electron chi connectivity index (χ2n) is 3.92. The monoisotopic (exact) mass is 194 g/mol. The lowest BCUT2D eigenvalue weighted by molar-refractivity contribution is 0.400. The van der Waals surface area contributed by atoms with E-state index in [9.17, 15) is 0 Å². The molecule has 0 saturated carbocycles. The Morgan fingerprint density at radius 3 is 3.36 bits per heavy atom. The Labute approximate surface area is 84.7 Å². The highest BCUT2D eigenvalue weighted by atomic mass is 15.3. The molecule has 1 aliphatic rings. The first-order valence-electron chi connectivity index (χ1n) is 5.29. The van der Waals surface area contributed by atoms with Crippen molar-refractivity contribution in [3.05, 3.63) is 12.4 Å². The summed E-state index contributed by atoms with van der Waals surface area (Å²) in [5.74, 6) is 1.78. The third kappa shape index (κ3) is 2.07. The van der Waals surface area contributed by atoms with Crippen LogP contribution in [0, 0.1) is 5.92 Å². The van der Waals surface area contributed by atoms with E-state index in [0.29, 0.717) is 0 Å². The molecule has 1 aromatic heterocycles. The summed E-state index contributed by atoms with van der Waals surface area (Å²) in [7, 11) is 2.02. The molecule has 78 valence electrons. The number of aromatic amines is 1. The van der Waals surface area contributed by atoms with E-state index >= 15 is 0 Å². The summed E-state index contributed by atoms with van der Waals surface area (Å²) in [5.41, 5.74) is 0. The van der Waals surface area contributed by atoms with Gasteiger partial charge in [0.25, 0.3) is 0 Å². The quantitative estimate of drug-likeness (QED) is 0.749. The molecule has 0 spiro atoms. The zero-order valence-electron chi connectivity index (χ0n) is 8.66. The minimum atomic E-state index is 0.763. The van der Waals surface area contributed by atoms with E-state index in [4.69, 9.17) is 0 Å². The Morgan fingerprint density at radius 2 is 2.64 bits per heavy atom. The molecule has 14 heavy (non-hydrogen) atoms. The van der Waals surface area contributed by atoms with Crippen LogP contribution in [0.2, 0.25) is 0 Å². The van der Waals surface area contributed by atoms with Crippen molar-refractivity contribution < 1.29 is 0 Å². The summed E-state index contributed by atoms with van der Waals surface area (Å²) < 4.78 is 0. The predicted octanol–water partition coefficient (Wildman–Crippen LogP) is 0.845. The van der Waals surface area contributed by atoms with E-state index in [2.05, 4.69) is 20.2 Å². The molecule has 2 heterocycles. The van der Waals surface area contributed by atoms with Crippen LogP contribution in [0.25, 0.3) is 0 Å². The van der Waals surface area contributed by atoms with Gasteiger partial charge >= 0.3 is 0 Å². The largest absolute Gasteiger partial charge is 0.342 e. The topological polar surface area (TPSA) is 44.0 Å². The van der Waals surface area contributed by atoms with Gasteiger partial charge in [0.2, 0.25) is 5.95 Å². The Morgan fingerprint density at radius 1 is 1.71 bits per heavy atom. The van der Waals surface area contributed by atoms with Gasteiger partial charge in [-0.25, -0.2) is 4.98 Å². The van der Waals surface area contributed by atoms with E-state index in [0.717, 1.165) is 31.5 Å². The molecule has 4 nitrogen and oxygen atoms in total. The maximum Gasteiger partial charge on any atom is 0.202 e. The van der Waals surface area contributed by atoms with Crippen LogP contribution in [-0.2, 0) is 0 Å². The lowest BCUT2D eigenvalue weighted by Crippen LogP contribution is -2.39. The Bertz CT molecular complexity index is 255. The van der Waals surface area contributed by atoms with Crippen LogP contribution in [0.15, 0.2) is 12.4 Å². The van der Waals surface area contributed by atoms with E-state index < -0.39 is 0 Å². The number of hydrogen-bond donors (Lipinski definition) is 2. The van der Waals surface area contributed by atoms with Crippen LogP contribution in [-0.4, -0.2) is 36.6 Å². The number of aromatic nitrogens is 2. The number of hydrogen-bond acceptors (Lipinski definition) is 3. The highest BCUT2D eigenvalue weighted by Crippen LogP contribution is 2.19. The van der Waals surface area contributed by atoms with Crippen LogP contribution < -0.4 is 10.2 Å². The van der Waals surface area contributed by atoms with Gasteiger partial charge in [0.05, 0.1) is 0 Å². The Balaban J connectivity index is 1.94. The van der Waals surface area contributed by atoms with Crippen molar-refractivity contribution in [2.24, 2.45) is 5.92 Å². The molecule has 0 radical (unpaired) electrons. The number of piperidine rings is 1. The summed E-state index contributed by atoms with van der Waals surface area (Å²) in [5, 5.41) is 3.25. The average molecular weight is 194 g/mol. The fraction of sp³-hybridized carbons (Fsp3) is 0.700. The van der Waals surface area contributed by atoms with E-state index in [-0.39, 0.29) is 0 Å². The maximum atomic E-state index is 4.28. The molecule has 0 aliphatic carbocycles. The second kappa shape index (κ2) is 4.46. The third-order valence-corrected chi connectivity index (χ3v) is 2.80. The minimum Gasteiger partial charge on any atom is -0.342 e. The van der Waals surface area contributed by atoms with Gasteiger partial charge in [-0.2, -0.15) is 0 Å². The van der Waals surface area contributed by atoms with Gasteiger partial charge in [0, 0.05) is 25.5 Å². The lowest BCUT2D eigenvalue weighted by atomic mass is 9.98. The molecule has 1 fully saturated rings. The molecule has 1 saturated heterocycles. The van der Waals surface area contributed by atoms with Crippen LogP contribution in [0.3, 0.4) is 0 Å². The lowest BCUT2D eigenvalue weighted by Gasteiger charge is -2.32. The van der Waals surface area contributed by atoms with Gasteiger partial charge in [-0.15, -0.1) is 0 Å². The summed E-state index contributed by atoms with van der Waals surface area (Å²) >= 11 is 0. The number of anilines is 1. The van der Waals surface area contributed by atoms with Crippen molar-refractivity contribution in [2.75, 3.05) is 31.6 Å². The second-order valence-corrected chi connectivity index (χ2v) is 3.92. The molecule has 0 aromatic carbocycles. The van der Waals surface area contributed by atoms with Gasteiger partial charge in [-0.05, 0) is 32.4 Å². The van der Waals surface area contributed by atoms with Crippen molar-refractivity contribution >= 4 is 5.95 Å². The number of imidazole rings is 1. The smallest absolute Gasteiger partial charge is 0.202 e. The summed E-state index contributed by atoms with van der Waals surface area (Å²) in [4.78, 5) is 9.79. The maximum absolute atomic E-state index is 4.28. The first kappa shape index (κ1) is 9.52. The van der Waals surface area contributed by atoms with Crippen molar-refractivity contribution in [3.63, 3.8) is 0 Å². The van der Waals surface area contributed by atoms with Gasteiger partial charge in [0.15, 0.2) is 0 Å². The number of nitrogens with one attached hydrogen (secondary N) is 2.